The van der Waals surface area contributed by atoms with Crippen LogP contribution in [0.4, 0.5) is 21.8 Å². The molecule has 3 N–H and O–H groups in total. The molecule has 2 aromatic heterocycles. The Hall–Kier alpha value is -3.26. The molecule has 0 bridgehead atoms. The minimum Gasteiger partial charge on any atom is -0.383 e. The van der Waals surface area contributed by atoms with Crippen molar-refractivity contribution in [1.29, 1.82) is 0 Å². The number of anilines is 3. The molecule has 2 heterocycles. The van der Waals surface area contributed by atoms with Gasteiger partial charge in [0.2, 0.25) is 0 Å². The van der Waals surface area contributed by atoms with E-state index in [4.69, 9.17) is 4.74 Å². The molecule has 0 spiro atoms. The molecular weight excluding hydrogens is 347 g/mol. The van der Waals surface area contributed by atoms with Crippen LogP contribution in [0.1, 0.15) is 17.1 Å². The van der Waals surface area contributed by atoms with Gasteiger partial charge in [-0.05, 0) is 30.7 Å². The minimum atomic E-state index is -0.270. The van der Waals surface area contributed by atoms with Crippen molar-refractivity contribution in [2.24, 2.45) is 0 Å². The van der Waals surface area contributed by atoms with E-state index in [2.05, 4.69) is 30.8 Å². The molecule has 0 fully saturated rings. The van der Waals surface area contributed by atoms with E-state index in [1.54, 1.807) is 31.4 Å². The Labute approximate surface area is 156 Å². The van der Waals surface area contributed by atoms with E-state index in [-0.39, 0.29) is 5.82 Å². The quantitative estimate of drug-likeness (QED) is 0.527. The van der Waals surface area contributed by atoms with Crippen molar-refractivity contribution in [3.63, 3.8) is 0 Å². The number of nitrogens with one attached hydrogen (secondary N) is 3. The van der Waals surface area contributed by atoms with Gasteiger partial charge in [-0.2, -0.15) is 5.10 Å². The Morgan fingerprint density at radius 3 is 2.56 bits per heavy atom. The molecule has 3 aromatic rings. The molecule has 8 heteroatoms. The minimum absolute atomic E-state index is 0.270. The zero-order chi connectivity index (χ0) is 19.1. The van der Waals surface area contributed by atoms with E-state index >= 15 is 0 Å². The van der Waals surface area contributed by atoms with Crippen molar-refractivity contribution >= 4 is 29.6 Å². The van der Waals surface area contributed by atoms with Crippen LogP contribution >= 0.6 is 0 Å². The molecule has 0 unspecified atom stereocenters. The summed E-state index contributed by atoms with van der Waals surface area (Å²) < 4.78 is 18.1. The SMILES string of the molecule is COCCNc1cc(Nc2cc(C)[nH]n2)nc(/C=C/c2ccc(F)cc2)n1. The fourth-order valence-corrected chi connectivity index (χ4v) is 2.33. The summed E-state index contributed by atoms with van der Waals surface area (Å²) in [6.45, 7) is 3.11. The van der Waals surface area contributed by atoms with Crippen molar-refractivity contribution in [2.45, 2.75) is 6.92 Å². The first-order valence-electron chi connectivity index (χ1n) is 8.47. The van der Waals surface area contributed by atoms with Gasteiger partial charge in [0, 0.05) is 31.5 Å². The van der Waals surface area contributed by atoms with Gasteiger partial charge in [-0.3, -0.25) is 5.10 Å². The van der Waals surface area contributed by atoms with Crippen molar-refractivity contribution in [2.75, 3.05) is 30.9 Å². The van der Waals surface area contributed by atoms with E-state index in [1.165, 1.54) is 12.1 Å². The number of hydrogen-bond acceptors (Lipinski definition) is 6. The van der Waals surface area contributed by atoms with Crippen LogP contribution in [0.2, 0.25) is 0 Å². The van der Waals surface area contributed by atoms with Crippen LogP contribution < -0.4 is 10.6 Å². The highest BCUT2D eigenvalue weighted by Gasteiger charge is 2.05. The average molecular weight is 368 g/mol. The second-order valence-electron chi connectivity index (χ2n) is 5.86. The molecule has 140 valence electrons. The number of aromatic nitrogens is 4. The van der Waals surface area contributed by atoms with Gasteiger partial charge in [-0.25, -0.2) is 14.4 Å². The number of halogens is 1. The Morgan fingerprint density at radius 2 is 1.85 bits per heavy atom. The molecule has 0 radical (unpaired) electrons. The Kier molecular flexibility index (Phi) is 6.11. The fraction of sp³-hybridized carbons (Fsp3) is 0.211. The highest BCUT2D eigenvalue weighted by atomic mass is 19.1. The first-order chi connectivity index (χ1) is 13.1. The number of hydrogen-bond donors (Lipinski definition) is 3. The maximum atomic E-state index is 13.0. The molecule has 0 aliphatic rings. The van der Waals surface area contributed by atoms with E-state index in [9.17, 15) is 4.39 Å². The van der Waals surface area contributed by atoms with Gasteiger partial charge in [0.25, 0.3) is 0 Å². The second kappa shape index (κ2) is 8.91. The maximum Gasteiger partial charge on any atom is 0.156 e. The third-order valence-corrected chi connectivity index (χ3v) is 3.61. The summed E-state index contributed by atoms with van der Waals surface area (Å²) in [5, 5.41) is 13.4. The third kappa shape index (κ3) is 5.61. The number of methoxy groups -OCH3 is 1. The molecule has 0 saturated heterocycles. The highest BCUT2D eigenvalue weighted by Crippen LogP contribution is 2.18. The van der Waals surface area contributed by atoms with Gasteiger partial charge in [0.15, 0.2) is 11.6 Å². The lowest BCUT2D eigenvalue weighted by Crippen LogP contribution is -2.10. The maximum absolute atomic E-state index is 13.0. The van der Waals surface area contributed by atoms with Crippen molar-refractivity contribution < 1.29 is 9.13 Å². The molecule has 1 aromatic carbocycles. The largest absolute Gasteiger partial charge is 0.383 e. The smallest absolute Gasteiger partial charge is 0.156 e. The molecular formula is C19H21FN6O. The van der Waals surface area contributed by atoms with Crippen molar-refractivity contribution in [3.8, 4) is 0 Å². The van der Waals surface area contributed by atoms with Gasteiger partial charge in [0.05, 0.1) is 6.61 Å². The number of ether oxygens (including phenoxy) is 1. The number of nitrogens with zero attached hydrogens (tertiary/aromatic N) is 3. The Bertz CT molecular complexity index is 907. The molecule has 0 saturated carbocycles. The molecule has 3 rings (SSSR count). The number of rotatable bonds is 8. The van der Waals surface area contributed by atoms with E-state index in [0.29, 0.717) is 36.4 Å². The zero-order valence-electron chi connectivity index (χ0n) is 15.2. The van der Waals surface area contributed by atoms with Crippen LogP contribution in [0.3, 0.4) is 0 Å². The fourth-order valence-electron chi connectivity index (χ4n) is 2.33. The van der Waals surface area contributed by atoms with Gasteiger partial charge in [0.1, 0.15) is 17.5 Å². The monoisotopic (exact) mass is 368 g/mol. The van der Waals surface area contributed by atoms with Crippen LogP contribution in [0.15, 0.2) is 36.4 Å². The number of aryl methyl sites for hydroxylation is 1. The number of benzene rings is 1. The number of H-pyrrole nitrogens is 1. The van der Waals surface area contributed by atoms with Crippen molar-refractivity contribution in [3.05, 3.63) is 59.3 Å². The lowest BCUT2D eigenvalue weighted by atomic mass is 10.2. The average Bonchev–Trinajstić information content (AvgIpc) is 3.06. The van der Waals surface area contributed by atoms with Gasteiger partial charge in [-0.1, -0.05) is 18.2 Å². The van der Waals surface area contributed by atoms with Crippen LogP contribution in [0.25, 0.3) is 12.2 Å². The predicted octanol–water partition coefficient (Wildman–Crippen LogP) is 3.62. The molecule has 0 amide bonds. The van der Waals surface area contributed by atoms with Crippen LogP contribution in [0.5, 0.6) is 0 Å². The Balaban J connectivity index is 1.82. The molecule has 0 atom stereocenters. The summed E-state index contributed by atoms with van der Waals surface area (Å²) >= 11 is 0. The Morgan fingerprint density at radius 1 is 1.07 bits per heavy atom. The van der Waals surface area contributed by atoms with E-state index in [1.807, 2.05) is 19.1 Å². The summed E-state index contributed by atoms with van der Waals surface area (Å²) in [7, 11) is 1.64. The first kappa shape index (κ1) is 18.5. The van der Waals surface area contributed by atoms with Gasteiger partial charge >= 0.3 is 0 Å². The molecule has 27 heavy (non-hydrogen) atoms. The standard InChI is InChI=1S/C19H21FN6O/c1-13-11-19(26-25-13)24-18-12-17(21-9-10-27-2)22-16(23-18)8-5-14-3-6-15(20)7-4-14/h3-8,11-12H,9-10H2,1-2H3,(H3,21,22,23,24,25,26)/b8-5+. The summed E-state index contributed by atoms with van der Waals surface area (Å²) in [5.41, 5.74) is 1.80. The van der Waals surface area contributed by atoms with E-state index in [0.717, 1.165) is 11.3 Å². The normalized spacial score (nSPS) is 11.1. The van der Waals surface area contributed by atoms with Crippen LogP contribution in [-0.2, 0) is 4.74 Å². The third-order valence-electron chi connectivity index (χ3n) is 3.61. The van der Waals surface area contributed by atoms with Gasteiger partial charge in [-0.15, -0.1) is 0 Å². The summed E-state index contributed by atoms with van der Waals surface area (Å²) in [6.07, 6.45) is 3.60. The molecule has 0 aliphatic heterocycles. The van der Waals surface area contributed by atoms with Crippen LogP contribution in [0, 0.1) is 12.7 Å². The molecule has 7 nitrogen and oxygen atoms in total. The first-order valence-corrected chi connectivity index (χ1v) is 8.47. The summed E-state index contributed by atoms with van der Waals surface area (Å²) in [5.74, 6) is 2.18. The topological polar surface area (TPSA) is 87.8 Å². The highest BCUT2D eigenvalue weighted by molar-refractivity contribution is 5.68. The van der Waals surface area contributed by atoms with E-state index < -0.39 is 0 Å². The summed E-state index contributed by atoms with van der Waals surface area (Å²) in [4.78, 5) is 8.97. The number of aromatic amines is 1. The summed E-state index contributed by atoms with van der Waals surface area (Å²) in [6, 6.07) is 9.89. The van der Waals surface area contributed by atoms with Gasteiger partial charge < -0.3 is 15.4 Å². The predicted molar refractivity (Wildman–Crippen MR) is 104 cm³/mol. The lowest BCUT2D eigenvalue weighted by Gasteiger charge is -2.09. The van der Waals surface area contributed by atoms with Crippen LogP contribution in [-0.4, -0.2) is 40.4 Å². The second-order valence-corrected chi connectivity index (χ2v) is 5.86. The zero-order valence-corrected chi connectivity index (χ0v) is 15.2. The lowest BCUT2D eigenvalue weighted by molar-refractivity contribution is 0.210. The molecule has 0 aliphatic carbocycles. The van der Waals surface area contributed by atoms with Crippen molar-refractivity contribution in [1.82, 2.24) is 20.2 Å².